The lowest BCUT2D eigenvalue weighted by atomic mass is 9.97. The van der Waals surface area contributed by atoms with Gasteiger partial charge in [0.2, 0.25) is 0 Å². The molecule has 0 bridgehead atoms. The third kappa shape index (κ3) is 4.96. The van der Waals surface area contributed by atoms with Gasteiger partial charge < -0.3 is 5.73 Å². The number of hydrogen-bond acceptors (Lipinski definition) is 7. The topological polar surface area (TPSA) is 113 Å². The largest absolute Gasteiger partial charge is 0.384 e. The van der Waals surface area contributed by atoms with Crippen LogP contribution in [0.3, 0.4) is 0 Å². The molecule has 0 saturated heterocycles. The minimum absolute atomic E-state index is 0.151. The van der Waals surface area contributed by atoms with Crippen LogP contribution >= 0.6 is 11.8 Å². The van der Waals surface area contributed by atoms with E-state index < -0.39 is 11.2 Å². The van der Waals surface area contributed by atoms with E-state index in [2.05, 4.69) is 15.1 Å². The number of rotatable bonds is 5. The summed E-state index contributed by atoms with van der Waals surface area (Å²) in [6, 6.07) is 7.74. The van der Waals surface area contributed by atoms with E-state index >= 15 is 0 Å². The molecule has 31 heavy (non-hydrogen) atoms. The van der Waals surface area contributed by atoms with Gasteiger partial charge in [-0.3, -0.25) is 18.9 Å². The molecule has 10 heteroatoms. The summed E-state index contributed by atoms with van der Waals surface area (Å²) in [6.45, 7) is 6.79. The summed E-state index contributed by atoms with van der Waals surface area (Å²) in [5.41, 5.74) is 7.39. The molecule has 0 radical (unpaired) electrons. The second kappa shape index (κ2) is 8.93. The van der Waals surface area contributed by atoms with E-state index in [1.165, 1.54) is 29.7 Å². The SMILES string of the molecule is CSC(=NCc1ccc(-n2cncn2)cc1)c1c(N)n(CC(C)(C)C)c(=O)n(C)c1=O. The van der Waals surface area contributed by atoms with Crippen LogP contribution in [0, 0.1) is 5.41 Å². The first-order valence-corrected chi connectivity index (χ1v) is 11.0. The first-order chi connectivity index (χ1) is 14.6. The first-order valence-electron chi connectivity index (χ1n) is 9.74. The lowest BCUT2D eigenvalue weighted by Crippen LogP contribution is -2.43. The van der Waals surface area contributed by atoms with Crippen LogP contribution in [0.2, 0.25) is 0 Å². The van der Waals surface area contributed by atoms with E-state index in [-0.39, 0.29) is 16.8 Å². The van der Waals surface area contributed by atoms with E-state index in [0.29, 0.717) is 18.1 Å². The van der Waals surface area contributed by atoms with Crippen molar-refractivity contribution in [2.75, 3.05) is 12.0 Å². The van der Waals surface area contributed by atoms with Gasteiger partial charge in [-0.15, -0.1) is 11.8 Å². The third-order valence-electron chi connectivity index (χ3n) is 4.65. The second-order valence-corrected chi connectivity index (χ2v) is 9.18. The normalized spacial score (nSPS) is 12.4. The van der Waals surface area contributed by atoms with Gasteiger partial charge in [0.15, 0.2) is 0 Å². The summed E-state index contributed by atoms with van der Waals surface area (Å²) < 4.78 is 4.22. The minimum Gasteiger partial charge on any atom is -0.384 e. The van der Waals surface area contributed by atoms with E-state index in [0.717, 1.165) is 15.8 Å². The van der Waals surface area contributed by atoms with Crippen LogP contribution in [0.15, 0.2) is 51.5 Å². The maximum absolute atomic E-state index is 12.9. The molecule has 2 aromatic heterocycles. The van der Waals surface area contributed by atoms with Crippen LogP contribution in [-0.2, 0) is 20.1 Å². The number of aromatic nitrogens is 5. The van der Waals surface area contributed by atoms with E-state index in [4.69, 9.17) is 5.73 Å². The highest BCUT2D eigenvalue weighted by atomic mass is 32.2. The molecule has 3 aromatic rings. The Morgan fingerprint density at radius 3 is 2.42 bits per heavy atom. The summed E-state index contributed by atoms with van der Waals surface area (Å²) >= 11 is 1.33. The molecule has 0 spiro atoms. The monoisotopic (exact) mass is 441 g/mol. The summed E-state index contributed by atoms with van der Waals surface area (Å²) in [7, 11) is 1.47. The van der Waals surface area contributed by atoms with Crippen molar-refractivity contribution in [2.45, 2.75) is 33.9 Å². The maximum Gasteiger partial charge on any atom is 0.332 e. The minimum atomic E-state index is -0.442. The summed E-state index contributed by atoms with van der Waals surface area (Å²) in [5, 5.41) is 4.61. The van der Waals surface area contributed by atoms with Gasteiger partial charge in [0.1, 0.15) is 29.1 Å². The van der Waals surface area contributed by atoms with Gasteiger partial charge in [0.25, 0.3) is 5.56 Å². The van der Waals surface area contributed by atoms with Gasteiger partial charge in [-0.05, 0) is 29.4 Å². The molecule has 3 rings (SSSR count). The molecule has 164 valence electrons. The Bertz CT molecular complexity index is 1200. The van der Waals surface area contributed by atoms with Gasteiger partial charge in [-0.25, -0.2) is 14.5 Å². The highest BCUT2D eigenvalue weighted by molar-refractivity contribution is 8.13. The molecule has 0 aliphatic heterocycles. The third-order valence-corrected chi connectivity index (χ3v) is 5.37. The number of thioether (sulfide) groups is 1. The molecule has 1 aromatic carbocycles. The number of hydrogen-bond donors (Lipinski definition) is 1. The smallest absolute Gasteiger partial charge is 0.332 e. The zero-order valence-electron chi connectivity index (χ0n) is 18.4. The standard InChI is InChI=1S/C21H27N7O2S/c1-21(2,3)11-27-17(22)16(19(29)26(4)20(27)30)18(31-5)24-10-14-6-8-15(9-7-14)28-13-23-12-25-28/h6-9,12-13H,10-11,22H2,1-5H3. The number of nitrogens with zero attached hydrogens (tertiary/aromatic N) is 6. The Morgan fingerprint density at radius 2 is 1.87 bits per heavy atom. The van der Waals surface area contributed by atoms with Crippen LogP contribution < -0.4 is 17.0 Å². The van der Waals surface area contributed by atoms with E-state index in [9.17, 15) is 9.59 Å². The predicted molar refractivity (Wildman–Crippen MR) is 125 cm³/mol. The van der Waals surface area contributed by atoms with Crippen molar-refractivity contribution in [2.24, 2.45) is 17.5 Å². The van der Waals surface area contributed by atoms with Crippen LogP contribution in [0.25, 0.3) is 5.69 Å². The van der Waals surface area contributed by atoms with Gasteiger partial charge in [-0.1, -0.05) is 32.9 Å². The molecule has 0 atom stereocenters. The molecule has 0 fully saturated rings. The van der Waals surface area contributed by atoms with Crippen molar-refractivity contribution in [3.8, 4) is 5.69 Å². The van der Waals surface area contributed by atoms with Crippen LogP contribution in [0.4, 0.5) is 5.82 Å². The summed E-state index contributed by atoms with van der Waals surface area (Å²) in [4.78, 5) is 34.1. The Balaban J connectivity index is 1.97. The van der Waals surface area contributed by atoms with Gasteiger partial charge in [0, 0.05) is 13.6 Å². The molecular formula is C21H27N7O2S. The summed E-state index contributed by atoms with van der Waals surface area (Å²) in [6.07, 6.45) is 4.95. The maximum atomic E-state index is 12.9. The van der Waals surface area contributed by atoms with Crippen molar-refractivity contribution in [3.63, 3.8) is 0 Å². The second-order valence-electron chi connectivity index (χ2n) is 8.39. The number of nitrogens with two attached hydrogens (primary N) is 1. The fourth-order valence-electron chi connectivity index (χ4n) is 3.12. The van der Waals surface area contributed by atoms with Gasteiger partial charge in [0.05, 0.1) is 12.2 Å². The fraction of sp³-hybridized carbons (Fsp3) is 0.381. The number of nitrogen functional groups attached to an aromatic ring is 1. The highest BCUT2D eigenvalue weighted by Gasteiger charge is 2.22. The Hall–Kier alpha value is -3.14. The van der Waals surface area contributed by atoms with Crippen molar-refractivity contribution in [1.29, 1.82) is 0 Å². The Morgan fingerprint density at radius 1 is 1.19 bits per heavy atom. The highest BCUT2D eigenvalue weighted by Crippen LogP contribution is 2.20. The zero-order chi connectivity index (χ0) is 22.8. The van der Waals surface area contributed by atoms with E-state index in [1.807, 2.05) is 51.3 Å². The van der Waals surface area contributed by atoms with Gasteiger partial charge in [-0.2, -0.15) is 5.10 Å². The molecule has 0 amide bonds. The molecular weight excluding hydrogens is 414 g/mol. The van der Waals surface area contributed by atoms with Crippen molar-refractivity contribution >= 4 is 22.6 Å². The average molecular weight is 442 g/mol. The van der Waals surface area contributed by atoms with Crippen molar-refractivity contribution in [3.05, 3.63) is 68.9 Å². The number of benzene rings is 1. The Kier molecular flexibility index (Phi) is 6.49. The first kappa shape index (κ1) is 22.5. The molecule has 9 nitrogen and oxygen atoms in total. The van der Waals surface area contributed by atoms with Crippen molar-refractivity contribution < 1.29 is 0 Å². The molecule has 2 heterocycles. The quantitative estimate of drug-likeness (QED) is 0.479. The van der Waals surface area contributed by atoms with Crippen LogP contribution in [0.5, 0.6) is 0 Å². The molecule has 0 aliphatic carbocycles. The lowest BCUT2D eigenvalue weighted by molar-refractivity contribution is 0.334. The molecule has 0 aliphatic rings. The number of anilines is 1. The molecule has 0 unspecified atom stereocenters. The predicted octanol–water partition coefficient (Wildman–Crippen LogP) is 2.07. The Labute approximate surface area is 184 Å². The number of aliphatic imine (C=N–C) groups is 1. The van der Waals surface area contributed by atoms with Crippen LogP contribution in [-0.4, -0.2) is 35.2 Å². The van der Waals surface area contributed by atoms with E-state index in [1.54, 1.807) is 11.0 Å². The lowest BCUT2D eigenvalue weighted by Gasteiger charge is -2.23. The zero-order valence-corrected chi connectivity index (χ0v) is 19.2. The fourth-order valence-corrected chi connectivity index (χ4v) is 3.71. The van der Waals surface area contributed by atoms with Crippen LogP contribution in [0.1, 0.15) is 31.9 Å². The van der Waals surface area contributed by atoms with Gasteiger partial charge >= 0.3 is 5.69 Å². The molecule has 2 N–H and O–H groups in total. The van der Waals surface area contributed by atoms with Crippen molar-refractivity contribution in [1.82, 2.24) is 23.9 Å². The average Bonchev–Trinajstić information content (AvgIpc) is 3.27. The molecule has 0 saturated carbocycles. The summed E-state index contributed by atoms with van der Waals surface area (Å²) in [5.74, 6) is 0.151.